The van der Waals surface area contributed by atoms with Gasteiger partial charge in [-0.2, -0.15) is 0 Å². The molecule has 0 aliphatic carbocycles. The van der Waals surface area contributed by atoms with Crippen LogP contribution in [0.2, 0.25) is 0 Å². The van der Waals surface area contributed by atoms with Crippen LogP contribution in [0.4, 0.5) is 11.8 Å². The highest BCUT2D eigenvalue weighted by Gasteiger charge is 2.46. The van der Waals surface area contributed by atoms with Crippen LogP contribution >= 0.6 is 0 Å². The maximum absolute atomic E-state index is 6.15. The number of aromatic nitrogens is 4. The molecule has 2 aliphatic heterocycles. The lowest BCUT2D eigenvalue weighted by Crippen LogP contribution is -2.34. The van der Waals surface area contributed by atoms with Crippen LogP contribution in [0.15, 0.2) is 31.0 Å². The topological polar surface area (TPSA) is 76.1 Å². The number of nitrogens with one attached hydrogen (secondary N) is 1. The molecule has 2 aromatic rings. The van der Waals surface area contributed by atoms with E-state index in [1.165, 1.54) is 0 Å². The van der Waals surface area contributed by atoms with E-state index < -0.39 is 0 Å². The molecule has 7 nitrogen and oxygen atoms in total. The number of ether oxygens (including phenoxy) is 1. The predicted molar refractivity (Wildman–Crippen MR) is 86.3 cm³/mol. The molecule has 1 N–H and O–H groups in total. The van der Waals surface area contributed by atoms with Gasteiger partial charge in [0, 0.05) is 37.8 Å². The molecule has 2 atom stereocenters. The van der Waals surface area contributed by atoms with Gasteiger partial charge >= 0.3 is 0 Å². The number of hydrogen-bond acceptors (Lipinski definition) is 7. The molecular weight excluding hydrogens is 292 g/mol. The van der Waals surface area contributed by atoms with Crippen LogP contribution in [-0.2, 0) is 4.74 Å². The van der Waals surface area contributed by atoms with E-state index in [0.717, 1.165) is 43.3 Å². The second-order valence-electron chi connectivity index (χ2n) is 6.36. The lowest BCUT2D eigenvalue weighted by molar-refractivity contribution is 0.0228. The average molecular weight is 312 g/mol. The molecule has 0 saturated carbocycles. The summed E-state index contributed by atoms with van der Waals surface area (Å²) >= 11 is 0. The van der Waals surface area contributed by atoms with Crippen molar-refractivity contribution in [1.29, 1.82) is 0 Å². The predicted octanol–water partition coefficient (Wildman–Crippen LogP) is 1.42. The summed E-state index contributed by atoms with van der Waals surface area (Å²) in [5.41, 5.74) is 0.974. The van der Waals surface area contributed by atoms with Crippen LogP contribution in [-0.4, -0.2) is 51.3 Å². The summed E-state index contributed by atoms with van der Waals surface area (Å²) in [5, 5.41) is 3.41. The molecule has 2 aliphatic rings. The number of anilines is 2. The highest BCUT2D eigenvalue weighted by molar-refractivity contribution is 5.36. The van der Waals surface area contributed by atoms with Crippen molar-refractivity contribution in [1.82, 2.24) is 19.9 Å². The highest BCUT2D eigenvalue weighted by Crippen LogP contribution is 2.36. The Bertz CT molecular complexity index is 664. The monoisotopic (exact) mass is 312 g/mol. The van der Waals surface area contributed by atoms with Crippen molar-refractivity contribution in [2.75, 3.05) is 29.9 Å². The Labute approximate surface area is 135 Å². The van der Waals surface area contributed by atoms with Crippen molar-refractivity contribution in [2.45, 2.75) is 31.4 Å². The smallest absolute Gasteiger partial charge is 0.225 e. The van der Waals surface area contributed by atoms with E-state index in [1.807, 2.05) is 19.3 Å². The Hall–Kier alpha value is -2.28. The molecule has 2 saturated heterocycles. The van der Waals surface area contributed by atoms with Gasteiger partial charge in [-0.25, -0.2) is 15.0 Å². The summed E-state index contributed by atoms with van der Waals surface area (Å²) in [4.78, 5) is 19.4. The van der Waals surface area contributed by atoms with Crippen LogP contribution in [0.1, 0.15) is 18.4 Å². The average Bonchev–Trinajstić information content (AvgIpc) is 3.16. The second-order valence-corrected chi connectivity index (χ2v) is 6.36. The lowest BCUT2D eigenvalue weighted by atomic mass is 9.97. The summed E-state index contributed by atoms with van der Waals surface area (Å²) < 4.78 is 6.15. The van der Waals surface area contributed by atoms with Gasteiger partial charge in [0.05, 0.1) is 31.0 Å². The Balaban J connectivity index is 1.40. The zero-order valence-electron chi connectivity index (χ0n) is 13.1. The molecule has 1 spiro atoms. The SMILES string of the molecule is Cc1cnc(N2CC[C@@]3(C[C@H](Nc4cnccn4)CO3)C2)nc1. The summed E-state index contributed by atoms with van der Waals surface area (Å²) in [6.45, 7) is 4.47. The summed E-state index contributed by atoms with van der Waals surface area (Å²) in [5.74, 6) is 1.59. The first-order valence-corrected chi connectivity index (χ1v) is 7.93. The van der Waals surface area contributed by atoms with Crippen LogP contribution in [0.25, 0.3) is 0 Å². The summed E-state index contributed by atoms with van der Waals surface area (Å²) in [7, 11) is 0. The van der Waals surface area contributed by atoms with E-state index in [2.05, 4.69) is 30.2 Å². The van der Waals surface area contributed by atoms with Crippen molar-refractivity contribution in [2.24, 2.45) is 0 Å². The fraction of sp³-hybridized carbons (Fsp3) is 0.500. The Kier molecular flexibility index (Phi) is 3.57. The normalized spacial score (nSPS) is 26.8. The Morgan fingerprint density at radius 1 is 1.22 bits per heavy atom. The molecule has 4 rings (SSSR count). The van der Waals surface area contributed by atoms with E-state index in [0.29, 0.717) is 6.61 Å². The minimum Gasteiger partial charge on any atom is -0.371 e. The van der Waals surface area contributed by atoms with Crippen molar-refractivity contribution in [3.63, 3.8) is 0 Å². The van der Waals surface area contributed by atoms with Crippen molar-refractivity contribution < 1.29 is 4.74 Å². The van der Waals surface area contributed by atoms with Crippen LogP contribution in [0, 0.1) is 6.92 Å². The van der Waals surface area contributed by atoms with Gasteiger partial charge in [0.1, 0.15) is 5.82 Å². The van der Waals surface area contributed by atoms with E-state index >= 15 is 0 Å². The van der Waals surface area contributed by atoms with Gasteiger partial charge in [-0.05, 0) is 18.9 Å². The minimum atomic E-state index is -0.103. The maximum Gasteiger partial charge on any atom is 0.225 e. The lowest BCUT2D eigenvalue weighted by Gasteiger charge is -2.23. The quantitative estimate of drug-likeness (QED) is 0.918. The van der Waals surface area contributed by atoms with E-state index in [1.54, 1.807) is 18.6 Å². The molecule has 0 radical (unpaired) electrons. The third kappa shape index (κ3) is 2.96. The van der Waals surface area contributed by atoms with E-state index in [9.17, 15) is 0 Å². The van der Waals surface area contributed by atoms with E-state index in [-0.39, 0.29) is 11.6 Å². The largest absolute Gasteiger partial charge is 0.371 e. The Morgan fingerprint density at radius 3 is 2.87 bits per heavy atom. The van der Waals surface area contributed by atoms with Crippen LogP contribution in [0.5, 0.6) is 0 Å². The zero-order valence-corrected chi connectivity index (χ0v) is 13.1. The first-order valence-electron chi connectivity index (χ1n) is 7.93. The van der Waals surface area contributed by atoms with Gasteiger partial charge in [0.15, 0.2) is 0 Å². The van der Waals surface area contributed by atoms with Gasteiger partial charge in [-0.3, -0.25) is 4.98 Å². The second kappa shape index (κ2) is 5.73. The fourth-order valence-corrected chi connectivity index (χ4v) is 3.37. The van der Waals surface area contributed by atoms with E-state index in [4.69, 9.17) is 4.74 Å². The minimum absolute atomic E-state index is 0.103. The van der Waals surface area contributed by atoms with Crippen molar-refractivity contribution >= 4 is 11.8 Å². The summed E-state index contributed by atoms with van der Waals surface area (Å²) in [6.07, 6.45) is 10.8. The van der Waals surface area contributed by atoms with Gasteiger partial charge in [0.25, 0.3) is 0 Å². The summed E-state index contributed by atoms with van der Waals surface area (Å²) in [6, 6.07) is 0.269. The molecule has 0 amide bonds. The molecule has 7 heteroatoms. The van der Waals surface area contributed by atoms with Crippen LogP contribution in [0.3, 0.4) is 0 Å². The maximum atomic E-state index is 6.15. The first-order chi connectivity index (χ1) is 11.2. The van der Waals surface area contributed by atoms with Gasteiger partial charge in [-0.15, -0.1) is 0 Å². The van der Waals surface area contributed by atoms with Crippen molar-refractivity contribution in [3.8, 4) is 0 Å². The standard InChI is InChI=1S/C16H20N6O/c1-12-7-19-15(20-8-12)22-5-2-16(11-22)6-13(10-23-16)21-14-9-17-3-4-18-14/h3-4,7-9,13H,2,5-6,10-11H2,1H3,(H,18,21)/t13-,16+/m0/s1. The first kappa shape index (κ1) is 14.3. The highest BCUT2D eigenvalue weighted by atomic mass is 16.5. The zero-order chi connectivity index (χ0) is 15.7. The number of rotatable bonds is 3. The number of aryl methyl sites for hydroxylation is 1. The third-order valence-electron chi connectivity index (χ3n) is 4.49. The van der Waals surface area contributed by atoms with Crippen LogP contribution < -0.4 is 10.2 Å². The molecule has 0 bridgehead atoms. The third-order valence-corrected chi connectivity index (χ3v) is 4.49. The number of nitrogens with zero attached hydrogens (tertiary/aromatic N) is 5. The molecule has 23 heavy (non-hydrogen) atoms. The van der Waals surface area contributed by atoms with Crippen molar-refractivity contribution in [3.05, 3.63) is 36.5 Å². The fourth-order valence-electron chi connectivity index (χ4n) is 3.37. The van der Waals surface area contributed by atoms with Gasteiger partial charge in [-0.1, -0.05) is 0 Å². The molecule has 2 aromatic heterocycles. The molecular formula is C16H20N6O. The molecule has 0 unspecified atom stereocenters. The van der Waals surface area contributed by atoms with Gasteiger partial charge in [0.2, 0.25) is 5.95 Å². The molecule has 0 aromatic carbocycles. The number of hydrogen-bond donors (Lipinski definition) is 1. The molecule has 120 valence electrons. The molecule has 4 heterocycles. The molecule has 2 fully saturated rings. The van der Waals surface area contributed by atoms with Gasteiger partial charge < -0.3 is 15.0 Å². The Morgan fingerprint density at radius 2 is 2.09 bits per heavy atom.